The van der Waals surface area contributed by atoms with Crippen molar-refractivity contribution in [2.75, 3.05) is 0 Å². The lowest BCUT2D eigenvalue weighted by atomic mass is 10.2. The number of aromatic nitrogens is 2. The minimum Gasteiger partial charge on any atom is -0.481 e. The van der Waals surface area contributed by atoms with E-state index in [2.05, 4.69) is 4.98 Å². The number of H-pyrrole nitrogens is 1. The molecule has 2 N–H and O–H groups in total. The summed E-state index contributed by atoms with van der Waals surface area (Å²) in [5, 5.41) is 9.89. The standard InChI is InChI=1S/C16H15ClN2O4S/c17-9-5-6-11-10(8-9)13-14(23-11)15(22)19(16(24)18-13)7-3-1-2-4-12(20)21/h5-6,8H,1-4,7H2,(H,18,24)(H,20,21). The molecule has 1 aromatic carbocycles. The van der Waals surface area contributed by atoms with Crippen LogP contribution in [0, 0.1) is 4.77 Å². The molecule has 6 nitrogen and oxygen atoms in total. The number of carboxylic acid groups (broad SMARTS) is 1. The summed E-state index contributed by atoms with van der Waals surface area (Å²) in [6.07, 6.45) is 2.08. The van der Waals surface area contributed by atoms with E-state index in [4.69, 9.17) is 33.3 Å². The summed E-state index contributed by atoms with van der Waals surface area (Å²) in [5.74, 6) is -0.813. The molecule has 126 valence electrons. The van der Waals surface area contributed by atoms with E-state index in [1.165, 1.54) is 4.57 Å². The van der Waals surface area contributed by atoms with Crippen molar-refractivity contribution in [2.24, 2.45) is 0 Å². The molecular formula is C16H15ClN2O4S. The summed E-state index contributed by atoms with van der Waals surface area (Å²) >= 11 is 11.3. The van der Waals surface area contributed by atoms with Crippen LogP contribution in [0.3, 0.4) is 0 Å². The number of carbonyl (C=O) groups is 1. The van der Waals surface area contributed by atoms with Crippen molar-refractivity contribution in [2.45, 2.75) is 32.2 Å². The summed E-state index contributed by atoms with van der Waals surface area (Å²) in [4.78, 5) is 26.2. The molecule has 0 fully saturated rings. The van der Waals surface area contributed by atoms with Gasteiger partial charge in [-0.15, -0.1) is 0 Å². The van der Waals surface area contributed by atoms with Crippen LogP contribution >= 0.6 is 23.8 Å². The lowest BCUT2D eigenvalue weighted by Crippen LogP contribution is -2.21. The molecule has 0 unspecified atom stereocenters. The minimum atomic E-state index is -0.813. The van der Waals surface area contributed by atoms with E-state index < -0.39 is 5.97 Å². The van der Waals surface area contributed by atoms with Crippen LogP contribution in [0.15, 0.2) is 27.4 Å². The Morgan fingerprint density at radius 1 is 1.33 bits per heavy atom. The van der Waals surface area contributed by atoms with Gasteiger partial charge in [0.2, 0.25) is 5.58 Å². The highest BCUT2D eigenvalue weighted by Crippen LogP contribution is 2.27. The third-order valence-electron chi connectivity index (χ3n) is 3.84. The van der Waals surface area contributed by atoms with E-state index in [-0.39, 0.29) is 17.6 Å². The number of hydrogen-bond donors (Lipinski definition) is 2. The van der Waals surface area contributed by atoms with Crippen molar-refractivity contribution >= 4 is 51.9 Å². The van der Waals surface area contributed by atoms with Gasteiger partial charge in [-0.1, -0.05) is 18.0 Å². The summed E-state index contributed by atoms with van der Waals surface area (Å²) < 4.78 is 7.41. The van der Waals surface area contributed by atoms with Gasteiger partial charge in [-0.25, -0.2) is 0 Å². The number of nitrogens with one attached hydrogen (secondary N) is 1. The molecule has 0 spiro atoms. The summed E-state index contributed by atoms with van der Waals surface area (Å²) in [6.45, 7) is 0.418. The summed E-state index contributed by atoms with van der Waals surface area (Å²) in [6, 6.07) is 5.13. The first kappa shape index (κ1) is 16.7. The summed E-state index contributed by atoms with van der Waals surface area (Å²) in [5.41, 5.74) is 1.03. The Labute approximate surface area is 146 Å². The molecule has 2 heterocycles. The molecule has 8 heteroatoms. The third-order valence-corrected chi connectivity index (χ3v) is 4.40. The number of fused-ring (bicyclic) bond motifs is 3. The second-order valence-electron chi connectivity index (χ2n) is 5.54. The molecule has 3 rings (SSSR count). The molecule has 0 amide bonds. The number of carboxylic acids is 1. The van der Waals surface area contributed by atoms with Crippen molar-refractivity contribution in [1.29, 1.82) is 0 Å². The van der Waals surface area contributed by atoms with Crippen LogP contribution in [0.4, 0.5) is 0 Å². The van der Waals surface area contributed by atoms with Gasteiger partial charge in [0.1, 0.15) is 11.1 Å². The van der Waals surface area contributed by atoms with Crippen LogP contribution in [-0.2, 0) is 11.3 Å². The van der Waals surface area contributed by atoms with Gasteiger partial charge in [-0.3, -0.25) is 14.2 Å². The molecule has 24 heavy (non-hydrogen) atoms. The number of furan rings is 1. The molecule has 2 aromatic heterocycles. The van der Waals surface area contributed by atoms with E-state index in [0.29, 0.717) is 52.1 Å². The topological polar surface area (TPSA) is 88.2 Å². The fraction of sp³-hybridized carbons (Fsp3) is 0.312. The van der Waals surface area contributed by atoms with Gasteiger partial charge in [0.25, 0.3) is 5.56 Å². The van der Waals surface area contributed by atoms with E-state index in [0.717, 1.165) is 0 Å². The van der Waals surface area contributed by atoms with Crippen LogP contribution in [-0.4, -0.2) is 20.6 Å². The van der Waals surface area contributed by atoms with Gasteiger partial charge in [0, 0.05) is 23.4 Å². The number of aliphatic carboxylic acids is 1. The molecular weight excluding hydrogens is 352 g/mol. The molecule has 0 saturated carbocycles. The Balaban J connectivity index is 1.92. The quantitative estimate of drug-likeness (QED) is 0.506. The van der Waals surface area contributed by atoms with Crippen LogP contribution in [0.25, 0.3) is 22.1 Å². The van der Waals surface area contributed by atoms with Crippen LogP contribution in [0.5, 0.6) is 0 Å². The van der Waals surface area contributed by atoms with Gasteiger partial charge in [-0.2, -0.15) is 0 Å². The highest BCUT2D eigenvalue weighted by atomic mass is 35.5. The molecule has 0 bridgehead atoms. The fourth-order valence-corrected chi connectivity index (χ4v) is 3.11. The number of unbranched alkanes of at least 4 members (excludes halogenated alkanes) is 2. The third kappa shape index (κ3) is 3.22. The second-order valence-corrected chi connectivity index (χ2v) is 6.36. The smallest absolute Gasteiger partial charge is 0.303 e. The zero-order chi connectivity index (χ0) is 17.3. The zero-order valence-electron chi connectivity index (χ0n) is 12.7. The van der Waals surface area contributed by atoms with Crippen molar-refractivity contribution < 1.29 is 14.3 Å². The lowest BCUT2D eigenvalue weighted by Gasteiger charge is -2.05. The largest absolute Gasteiger partial charge is 0.481 e. The number of rotatable bonds is 6. The minimum absolute atomic E-state index is 0.130. The van der Waals surface area contributed by atoms with E-state index in [9.17, 15) is 9.59 Å². The van der Waals surface area contributed by atoms with Gasteiger partial charge in [-0.05, 0) is 43.3 Å². The zero-order valence-corrected chi connectivity index (χ0v) is 14.2. The maximum absolute atomic E-state index is 12.6. The highest BCUT2D eigenvalue weighted by molar-refractivity contribution is 7.71. The lowest BCUT2D eigenvalue weighted by molar-refractivity contribution is -0.137. The number of nitrogens with zero attached hydrogens (tertiary/aromatic N) is 1. The van der Waals surface area contributed by atoms with Crippen molar-refractivity contribution in [3.05, 3.63) is 38.3 Å². The number of halogens is 1. The predicted molar refractivity (Wildman–Crippen MR) is 94.3 cm³/mol. The maximum Gasteiger partial charge on any atom is 0.303 e. The first-order valence-corrected chi connectivity index (χ1v) is 8.32. The average Bonchev–Trinajstić information content (AvgIpc) is 2.88. The van der Waals surface area contributed by atoms with E-state index in [1.807, 2.05) is 0 Å². The van der Waals surface area contributed by atoms with Gasteiger partial charge in [0.15, 0.2) is 4.77 Å². The SMILES string of the molecule is O=C(O)CCCCCn1c(=S)[nH]c2c(oc3ccc(Cl)cc32)c1=O. The van der Waals surface area contributed by atoms with Gasteiger partial charge < -0.3 is 14.5 Å². The van der Waals surface area contributed by atoms with E-state index in [1.54, 1.807) is 18.2 Å². The highest BCUT2D eigenvalue weighted by Gasteiger charge is 2.14. The molecule has 0 aliphatic heterocycles. The van der Waals surface area contributed by atoms with Crippen LogP contribution < -0.4 is 5.56 Å². The number of benzene rings is 1. The van der Waals surface area contributed by atoms with Crippen molar-refractivity contribution in [3.8, 4) is 0 Å². The Hall–Kier alpha value is -2.12. The molecule has 0 saturated heterocycles. The van der Waals surface area contributed by atoms with Gasteiger partial charge in [0.05, 0.1) is 0 Å². The van der Waals surface area contributed by atoms with Crippen molar-refractivity contribution in [3.63, 3.8) is 0 Å². The van der Waals surface area contributed by atoms with Gasteiger partial charge >= 0.3 is 5.97 Å². The molecule has 0 aliphatic rings. The second kappa shape index (κ2) is 6.78. The number of aromatic amines is 1. The Morgan fingerprint density at radius 2 is 2.12 bits per heavy atom. The summed E-state index contributed by atoms with van der Waals surface area (Å²) in [7, 11) is 0. The Bertz CT molecular complexity index is 1030. The predicted octanol–water partition coefficient (Wildman–Crippen LogP) is 4.10. The first-order chi connectivity index (χ1) is 11.5. The van der Waals surface area contributed by atoms with Crippen LogP contribution in [0.2, 0.25) is 5.02 Å². The normalized spacial score (nSPS) is 11.4. The van der Waals surface area contributed by atoms with Crippen molar-refractivity contribution in [1.82, 2.24) is 9.55 Å². The molecule has 0 atom stereocenters. The molecule has 0 aliphatic carbocycles. The molecule has 0 radical (unpaired) electrons. The van der Waals surface area contributed by atoms with Crippen LogP contribution in [0.1, 0.15) is 25.7 Å². The average molecular weight is 367 g/mol. The Morgan fingerprint density at radius 3 is 2.88 bits per heavy atom. The van der Waals surface area contributed by atoms with E-state index >= 15 is 0 Å². The maximum atomic E-state index is 12.6. The monoisotopic (exact) mass is 366 g/mol. The fourth-order valence-electron chi connectivity index (χ4n) is 2.66. The Kier molecular flexibility index (Phi) is 4.73. The number of hydrogen-bond acceptors (Lipinski definition) is 4. The molecule has 3 aromatic rings. The first-order valence-electron chi connectivity index (χ1n) is 7.54.